The maximum absolute atomic E-state index is 12.1. The summed E-state index contributed by atoms with van der Waals surface area (Å²) in [4.78, 5) is 36.0. The van der Waals surface area contributed by atoms with Crippen molar-refractivity contribution in [3.8, 4) is 5.75 Å². The fourth-order valence-corrected chi connectivity index (χ4v) is 6.53. The van der Waals surface area contributed by atoms with E-state index in [9.17, 15) is 29.7 Å². The summed E-state index contributed by atoms with van der Waals surface area (Å²) >= 11 is 0. The van der Waals surface area contributed by atoms with Crippen LogP contribution >= 0.6 is 0 Å². The maximum Gasteiger partial charge on any atom is 0.500 e. The first-order chi connectivity index (χ1) is 16.9. The van der Waals surface area contributed by atoms with Crippen molar-refractivity contribution in [3.63, 3.8) is 0 Å². The highest BCUT2D eigenvalue weighted by Crippen LogP contribution is 2.27. The molecule has 2 atom stereocenters. The average Bonchev–Trinajstić information content (AvgIpc) is 2.79. The Bertz CT molecular complexity index is 817. The second kappa shape index (κ2) is 15.1. The van der Waals surface area contributed by atoms with Crippen LogP contribution in [0.2, 0.25) is 6.04 Å². The molecular formula is C25H40O10Si. The summed E-state index contributed by atoms with van der Waals surface area (Å²) in [5.74, 6) is -4.70. The molecule has 0 fully saturated rings. The van der Waals surface area contributed by atoms with Gasteiger partial charge in [-0.25, -0.2) is 0 Å². The van der Waals surface area contributed by atoms with Crippen LogP contribution in [0.5, 0.6) is 5.75 Å². The minimum Gasteiger partial charge on any atom is -0.494 e. The molecule has 1 aromatic carbocycles. The molecule has 204 valence electrons. The minimum absolute atomic E-state index is 0.0123. The van der Waals surface area contributed by atoms with Gasteiger partial charge in [0, 0.05) is 31.4 Å². The number of Topliss-reactive ketones (excluding diaryl/α,β-unsaturated/α-hetero) is 1. The van der Waals surface area contributed by atoms with Crippen molar-refractivity contribution in [2.45, 2.75) is 65.5 Å². The van der Waals surface area contributed by atoms with Crippen molar-refractivity contribution in [1.29, 1.82) is 0 Å². The molecule has 2 unspecified atom stereocenters. The molecular weight excluding hydrogens is 488 g/mol. The van der Waals surface area contributed by atoms with Gasteiger partial charge < -0.3 is 33.3 Å². The molecule has 1 rings (SSSR count). The normalized spacial score (nSPS) is 13.7. The highest BCUT2D eigenvalue weighted by Gasteiger charge is 2.41. The van der Waals surface area contributed by atoms with Gasteiger partial charge in [-0.2, -0.15) is 0 Å². The van der Waals surface area contributed by atoms with E-state index in [2.05, 4.69) is 0 Å². The Morgan fingerprint density at radius 3 is 1.75 bits per heavy atom. The van der Waals surface area contributed by atoms with E-state index < -0.39 is 44.0 Å². The van der Waals surface area contributed by atoms with Gasteiger partial charge in [0.05, 0.1) is 18.4 Å². The number of rotatable bonds is 19. The molecule has 0 amide bonds. The number of carboxylic acid groups (broad SMARTS) is 2. The monoisotopic (exact) mass is 528 g/mol. The van der Waals surface area contributed by atoms with Gasteiger partial charge in [-0.15, -0.1) is 0 Å². The van der Waals surface area contributed by atoms with Crippen LogP contribution in [0.25, 0.3) is 0 Å². The molecule has 0 heterocycles. The molecule has 0 saturated heterocycles. The lowest BCUT2D eigenvalue weighted by Gasteiger charge is -2.29. The van der Waals surface area contributed by atoms with E-state index in [1.54, 1.807) is 12.1 Å². The Hall–Kier alpha value is -2.31. The van der Waals surface area contributed by atoms with Gasteiger partial charge in [-0.3, -0.25) is 14.4 Å². The Morgan fingerprint density at radius 1 is 0.861 bits per heavy atom. The van der Waals surface area contributed by atoms with E-state index in [1.165, 1.54) is 26.0 Å². The van der Waals surface area contributed by atoms with Crippen LogP contribution in [0.3, 0.4) is 0 Å². The van der Waals surface area contributed by atoms with Crippen molar-refractivity contribution in [2.24, 2.45) is 11.8 Å². The van der Waals surface area contributed by atoms with Crippen molar-refractivity contribution in [1.82, 2.24) is 0 Å². The van der Waals surface area contributed by atoms with Crippen molar-refractivity contribution in [3.05, 3.63) is 29.8 Å². The SMILES string of the molecule is CCO[Si](CCCC(C(=O)O)C(CCOc1ccc(C(=O)C(C)(C)O)cc1)C(=O)O)(OCC)OCC. The van der Waals surface area contributed by atoms with Gasteiger partial charge >= 0.3 is 20.7 Å². The summed E-state index contributed by atoms with van der Waals surface area (Å²) in [6.07, 6.45) is 0.494. The summed E-state index contributed by atoms with van der Waals surface area (Å²) in [6, 6.07) is 6.50. The van der Waals surface area contributed by atoms with Crippen molar-refractivity contribution >= 4 is 26.5 Å². The van der Waals surface area contributed by atoms with Gasteiger partial charge in [-0.1, -0.05) is 0 Å². The number of ketones is 1. The molecule has 0 radical (unpaired) electrons. The number of carbonyl (C=O) groups is 3. The van der Waals surface area contributed by atoms with Crippen LogP contribution in [0.15, 0.2) is 24.3 Å². The van der Waals surface area contributed by atoms with E-state index in [-0.39, 0.29) is 19.4 Å². The predicted octanol–water partition coefficient (Wildman–Crippen LogP) is 3.64. The Kier molecular flexibility index (Phi) is 13.3. The number of benzene rings is 1. The molecule has 0 aliphatic carbocycles. The van der Waals surface area contributed by atoms with Gasteiger partial charge in [-0.05, 0) is 78.1 Å². The highest BCUT2D eigenvalue weighted by molar-refractivity contribution is 6.60. The van der Waals surface area contributed by atoms with Gasteiger partial charge in [0.25, 0.3) is 0 Å². The van der Waals surface area contributed by atoms with Gasteiger partial charge in [0.2, 0.25) is 0 Å². The fourth-order valence-electron chi connectivity index (χ4n) is 3.89. The number of carbonyl (C=O) groups excluding carboxylic acids is 1. The molecule has 0 aliphatic rings. The highest BCUT2D eigenvalue weighted by atomic mass is 28.4. The van der Waals surface area contributed by atoms with Gasteiger partial charge in [0.1, 0.15) is 11.4 Å². The maximum atomic E-state index is 12.1. The molecule has 0 saturated carbocycles. The zero-order valence-corrected chi connectivity index (χ0v) is 22.8. The van der Waals surface area contributed by atoms with Crippen LogP contribution in [0.1, 0.15) is 64.2 Å². The molecule has 11 heteroatoms. The Labute approximate surface area is 213 Å². The third kappa shape index (κ3) is 9.98. The van der Waals surface area contributed by atoms with Crippen LogP contribution in [0, 0.1) is 11.8 Å². The zero-order chi connectivity index (χ0) is 27.4. The van der Waals surface area contributed by atoms with Crippen LogP contribution in [-0.2, 0) is 22.9 Å². The molecule has 10 nitrogen and oxygen atoms in total. The molecule has 3 N–H and O–H groups in total. The second-order valence-corrected chi connectivity index (χ2v) is 11.5. The summed E-state index contributed by atoms with van der Waals surface area (Å²) in [6.45, 7) is 9.48. The fraction of sp³-hybridized carbons (Fsp3) is 0.640. The largest absolute Gasteiger partial charge is 0.500 e. The summed E-state index contributed by atoms with van der Waals surface area (Å²) in [7, 11) is -2.96. The number of aliphatic carboxylic acids is 2. The second-order valence-electron chi connectivity index (χ2n) is 8.81. The molecule has 0 aromatic heterocycles. The first-order valence-corrected chi connectivity index (χ1v) is 14.2. The predicted molar refractivity (Wildman–Crippen MR) is 134 cm³/mol. The molecule has 0 bridgehead atoms. The van der Waals surface area contributed by atoms with Crippen LogP contribution in [0.4, 0.5) is 0 Å². The van der Waals surface area contributed by atoms with E-state index in [0.717, 1.165) is 0 Å². The third-order valence-electron chi connectivity index (χ3n) is 5.58. The summed E-state index contributed by atoms with van der Waals surface area (Å²) in [5.41, 5.74) is -1.19. The summed E-state index contributed by atoms with van der Waals surface area (Å²) in [5, 5.41) is 29.3. The molecule has 36 heavy (non-hydrogen) atoms. The zero-order valence-electron chi connectivity index (χ0n) is 21.8. The standard InChI is InChI=1S/C25H40O10Si/c1-6-33-36(34-7-2,35-8-3)17-9-10-20(23(27)28)21(24(29)30)15-16-32-19-13-11-18(12-14-19)22(26)25(4,5)31/h11-14,20-21,31H,6-10,15-17H2,1-5H3,(H,27,28)(H,29,30). The van der Waals surface area contributed by atoms with Crippen molar-refractivity contribution in [2.75, 3.05) is 26.4 Å². The van der Waals surface area contributed by atoms with E-state index >= 15 is 0 Å². The minimum atomic E-state index is -2.96. The first kappa shape index (κ1) is 31.7. The van der Waals surface area contributed by atoms with E-state index in [0.29, 0.717) is 43.6 Å². The van der Waals surface area contributed by atoms with E-state index in [4.69, 9.17) is 18.0 Å². The molecule has 1 aromatic rings. The average molecular weight is 529 g/mol. The quantitative estimate of drug-likeness (QED) is 0.179. The van der Waals surface area contributed by atoms with E-state index in [1.807, 2.05) is 20.8 Å². The van der Waals surface area contributed by atoms with Crippen LogP contribution < -0.4 is 4.74 Å². The topological polar surface area (TPSA) is 149 Å². The molecule has 0 spiro atoms. The lowest BCUT2D eigenvalue weighted by atomic mass is 9.86. The lowest BCUT2D eigenvalue weighted by Crippen LogP contribution is -2.46. The Balaban J connectivity index is 2.79. The smallest absolute Gasteiger partial charge is 0.494 e. The number of hydrogen-bond acceptors (Lipinski definition) is 8. The van der Waals surface area contributed by atoms with Crippen molar-refractivity contribution < 1.29 is 47.7 Å². The third-order valence-corrected chi connectivity index (χ3v) is 8.73. The van der Waals surface area contributed by atoms with Crippen LogP contribution in [-0.4, -0.2) is 73.9 Å². The number of ether oxygens (including phenoxy) is 1. The first-order valence-electron chi connectivity index (χ1n) is 12.3. The number of aliphatic hydroxyl groups is 1. The molecule has 0 aliphatic heterocycles. The summed E-state index contributed by atoms with van der Waals surface area (Å²) < 4.78 is 23.0. The number of hydrogen-bond donors (Lipinski definition) is 3. The Morgan fingerprint density at radius 2 is 1.33 bits per heavy atom. The number of carboxylic acids is 2. The lowest BCUT2D eigenvalue weighted by molar-refractivity contribution is -0.154. The van der Waals surface area contributed by atoms with Gasteiger partial charge in [0.15, 0.2) is 5.78 Å².